The summed E-state index contributed by atoms with van der Waals surface area (Å²) < 4.78 is 5.40. The van der Waals surface area contributed by atoms with Crippen LogP contribution >= 0.6 is 0 Å². The highest BCUT2D eigenvalue weighted by atomic mass is 16.4. The number of rotatable bonds is 6. The van der Waals surface area contributed by atoms with Gasteiger partial charge in [-0.25, -0.2) is 0 Å². The van der Waals surface area contributed by atoms with Crippen molar-refractivity contribution in [1.82, 2.24) is 5.32 Å². The molecule has 0 atom stereocenters. The van der Waals surface area contributed by atoms with Gasteiger partial charge in [-0.3, -0.25) is 4.79 Å². The summed E-state index contributed by atoms with van der Waals surface area (Å²) in [5, 5.41) is 14.8. The molecule has 5 heteroatoms. The molecule has 1 amide bonds. The molecule has 106 valence electrons. The molecule has 3 N–H and O–H groups in total. The van der Waals surface area contributed by atoms with Gasteiger partial charge >= 0.3 is 0 Å². The molecule has 20 heavy (non-hydrogen) atoms. The fraction of sp³-hybridized carbons (Fsp3) is 0.267. The van der Waals surface area contributed by atoms with Crippen LogP contribution < -0.4 is 10.6 Å². The van der Waals surface area contributed by atoms with Crippen molar-refractivity contribution >= 4 is 11.6 Å². The number of carbonyl (C=O) groups is 1. The Kier molecular flexibility index (Phi) is 4.79. The summed E-state index contributed by atoms with van der Waals surface area (Å²) >= 11 is 0. The Morgan fingerprint density at radius 1 is 1.20 bits per heavy atom. The van der Waals surface area contributed by atoms with E-state index < -0.39 is 0 Å². The molecular weight excluding hydrogens is 256 g/mol. The normalized spacial score (nSPS) is 10.3. The lowest BCUT2D eigenvalue weighted by atomic mass is 10.1. The van der Waals surface area contributed by atoms with Crippen molar-refractivity contribution in [2.45, 2.75) is 19.6 Å². The van der Waals surface area contributed by atoms with E-state index in [9.17, 15) is 4.79 Å². The first-order valence-corrected chi connectivity index (χ1v) is 6.43. The van der Waals surface area contributed by atoms with E-state index in [-0.39, 0.29) is 12.5 Å². The fourth-order valence-corrected chi connectivity index (χ4v) is 1.89. The molecule has 0 unspecified atom stereocenters. The van der Waals surface area contributed by atoms with Crippen molar-refractivity contribution in [1.29, 1.82) is 0 Å². The summed E-state index contributed by atoms with van der Waals surface area (Å²) in [4.78, 5) is 11.5. The Bertz CT molecular complexity index is 578. The highest BCUT2D eigenvalue weighted by Crippen LogP contribution is 2.17. The lowest BCUT2D eigenvalue weighted by Crippen LogP contribution is -2.20. The molecule has 0 bridgehead atoms. The number of para-hydroxylation sites is 1. The first-order chi connectivity index (χ1) is 9.72. The minimum Gasteiger partial charge on any atom is -0.462 e. The molecule has 2 aromatic rings. The first kappa shape index (κ1) is 14.1. The van der Waals surface area contributed by atoms with Crippen molar-refractivity contribution in [3.05, 3.63) is 53.5 Å². The van der Waals surface area contributed by atoms with E-state index in [1.54, 1.807) is 13.1 Å². The van der Waals surface area contributed by atoms with E-state index in [0.717, 1.165) is 17.0 Å². The van der Waals surface area contributed by atoms with E-state index in [2.05, 4.69) is 10.6 Å². The Balaban J connectivity index is 2.03. The number of aliphatic hydroxyl groups excluding tert-OH is 1. The largest absolute Gasteiger partial charge is 0.462 e. The van der Waals surface area contributed by atoms with Gasteiger partial charge in [0.2, 0.25) is 5.91 Å². The predicted molar refractivity (Wildman–Crippen MR) is 76.2 cm³/mol. The van der Waals surface area contributed by atoms with Crippen LogP contribution in [-0.2, 0) is 24.4 Å². The SMILES string of the molecule is CNC(=O)Cc1ccccc1NCc1ccc(CO)o1. The maximum Gasteiger partial charge on any atom is 0.224 e. The number of aliphatic hydroxyl groups is 1. The Labute approximate surface area is 117 Å². The van der Waals surface area contributed by atoms with Crippen molar-refractivity contribution in [3.63, 3.8) is 0 Å². The van der Waals surface area contributed by atoms with Gasteiger partial charge in [-0.05, 0) is 23.8 Å². The highest BCUT2D eigenvalue weighted by molar-refractivity contribution is 5.80. The van der Waals surface area contributed by atoms with Gasteiger partial charge in [0.1, 0.15) is 18.1 Å². The first-order valence-electron chi connectivity index (χ1n) is 6.43. The molecule has 1 aromatic heterocycles. The number of nitrogens with one attached hydrogen (secondary N) is 2. The van der Waals surface area contributed by atoms with Gasteiger partial charge in [0.25, 0.3) is 0 Å². The molecule has 0 spiro atoms. The van der Waals surface area contributed by atoms with Gasteiger partial charge in [0.15, 0.2) is 0 Å². The standard InChI is InChI=1S/C15H18N2O3/c1-16-15(19)8-11-4-2-3-5-14(11)17-9-12-6-7-13(10-18)20-12/h2-7,17-18H,8-10H2,1H3,(H,16,19). The maximum atomic E-state index is 11.5. The summed E-state index contributed by atoms with van der Waals surface area (Å²) in [5.41, 5.74) is 1.83. The van der Waals surface area contributed by atoms with E-state index in [1.807, 2.05) is 30.3 Å². The molecule has 5 nitrogen and oxygen atoms in total. The maximum absolute atomic E-state index is 11.5. The number of amides is 1. The molecule has 2 rings (SSSR count). The lowest BCUT2D eigenvalue weighted by Gasteiger charge is -2.10. The molecule has 1 heterocycles. The van der Waals surface area contributed by atoms with Crippen LogP contribution in [0, 0.1) is 0 Å². The smallest absolute Gasteiger partial charge is 0.224 e. The van der Waals surface area contributed by atoms with E-state index in [0.29, 0.717) is 18.7 Å². The minimum atomic E-state index is -0.104. The number of benzene rings is 1. The third-order valence-corrected chi connectivity index (χ3v) is 2.97. The van der Waals surface area contributed by atoms with Crippen molar-refractivity contribution in [2.75, 3.05) is 12.4 Å². The number of anilines is 1. The van der Waals surface area contributed by atoms with Crippen LogP contribution in [0.15, 0.2) is 40.8 Å². The van der Waals surface area contributed by atoms with Gasteiger partial charge < -0.3 is 20.2 Å². The van der Waals surface area contributed by atoms with Gasteiger partial charge in [0.05, 0.1) is 13.0 Å². The fourth-order valence-electron chi connectivity index (χ4n) is 1.89. The highest BCUT2D eigenvalue weighted by Gasteiger charge is 2.07. The number of likely N-dealkylation sites (N-methyl/N-ethyl adjacent to an activating group) is 1. The Morgan fingerprint density at radius 3 is 2.65 bits per heavy atom. The van der Waals surface area contributed by atoms with Crippen LogP contribution in [0.25, 0.3) is 0 Å². The molecular formula is C15H18N2O3. The predicted octanol–water partition coefficient (Wildman–Crippen LogP) is 1.67. The molecule has 0 saturated carbocycles. The zero-order valence-corrected chi connectivity index (χ0v) is 11.3. The quantitative estimate of drug-likeness (QED) is 0.749. The van der Waals surface area contributed by atoms with Crippen molar-refractivity contribution < 1.29 is 14.3 Å². The van der Waals surface area contributed by atoms with Crippen molar-refractivity contribution in [3.8, 4) is 0 Å². The van der Waals surface area contributed by atoms with Crippen LogP contribution in [0.1, 0.15) is 17.1 Å². The third kappa shape index (κ3) is 3.61. The van der Waals surface area contributed by atoms with E-state index in [1.165, 1.54) is 0 Å². The third-order valence-electron chi connectivity index (χ3n) is 2.97. The zero-order valence-electron chi connectivity index (χ0n) is 11.3. The average molecular weight is 274 g/mol. The van der Waals surface area contributed by atoms with Gasteiger partial charge in [-0.15, -0.1) is 0 Å². The second-order valence-electron chi connectivity index (χ2n) is 4.39. The summed E-state index contributed by atoms with van der Waals surface area (Å²) in [6.45, 7) is 0.401. The van der Waals surface area contributed by atoms with E-state index >= 15 is 0 Å². The molecule has 0 aliphatic heterocycles. The Morgan fingerprint density at radius 2 is 1.95 bits per heavy atom. The zero-order chi connectivity index (χ0) is 14.4. The summed E-state index contributed by atoms with van der Waals surface area (Å²) in [6.07, 6.45) is 0.333. The van der Waals surface area contributed by atoms with Gasteiger partial charge in [-0.2, -0.15) is 0 Å². The van der Waals surface area contributed by atoms with Gasteiger partial charge in [-0.1, -0.05) is 18.2 Å². The summed E-state index contributed by atoms with van der Waals surface area (Å²) in [7, 11) is 1.62. The Hall–Kier alpha value is -2.27. The average Bonchev–Trinajstić information content (AvgIpc) is 2.94. The van der Waals surface area contributed by atoms with Crippen molar-refractivity contribution in [2.24, 2.45) is 0 Å². The molecule has 0 aliphatic carbocycles. The van der Waals surface area contributed by atoms with Gasteiger partial charge in [0, 0.05) is 12.7 Å². The van der Waals surface area contributed by atoms with Crippen LogP contribution in [0.5, 0.6) is 0 Å². The number of hydrogen-bond acceptors (Lipinski definition) is 4. The van der Waals surface area contributed by atoms with Crippen LogP contribution in [0.2, 0.25) is 0 Å². The molecule has 0 radical (unpaired) electrons. The summed E-state index contributed by atoms with van der Waals surface area (Å²) in [5.74, 6) is 1.25. The monoisotopic (exact) mass is 274 g/mol. The van der Waals surface area contributed by atoms with Crippen LogP contribution in [0.3, 0.4) is 0 Å². The molecule has 0 aliphatic rings. The van der Waals surface area contributed by atoms with Crippen LogP contribution in [0.4, 0.5) is 5.69 Å². The lowest BCUT2D eigenvalue weighted by molar-refractivity contribution is -0.119. The van der Waals surface area contributed by atoms with E-state index in [4.69, 9.17) is 9.52 Å². The molecule has 0 fully saturated rings. The topological polar surface area (TPSA) is 74.5 Å². The number of carbonyl (C=O) groups excluding carboxylic acids is 1. The second-order valence-corrected chi connectivity index (χ2v) is 4.39. The number of furan rings is 1. The van der Waals surface area contributed by atoms with Crippen LogP contribution in [-0.4, -0.2) is 18.1 Å². The second kappa shape index (κ2) is 6.77. The molecule has 1 aromatic carbocycles. The molecule has 0 saturated heterocycles. The summed E-state index contributed by atoms with van der Waals surface area (Å²) in [6, 6.07) is 11.2. The minimum absolute atomic E-state index is 0.0279. The number of hydrogen-bond donors (Lipinski definition) is 3.